The number of methoxy groups -OCH3 is 2. The number of nitrogens with one attached hydrogen (secondary N) is 1. The fraction of sp³-hybridized carbons (Fsp3) is 0.182. The molecule has 4 rings (SSSR count). The van der Waals surface area contributed by atoms with Gasteiger partial charge in [0.25, 0.3) is 11.8 Å². The highest BCUT2D eigenvalue weighted by atomic mass is 32.1. The minimum atomic E-state index is -0.985. The summed E-state index contributed by atoms with van der Waals surface area (Å²) in [6, 6.07) is 10.9. The van der Waals surface area contributed by atoms with Crippen molar-refractivity contribution in [2.24, 2.45) is 0 Å². The molecule has 2 aromatic carbocycles. The number of rotatable bonds is 6. The van der Waals surface area contributed by atoms with E-state index in [1.165, 1.54) is 18.3 Å². The second kappa shape index (κ2) is 8.19. The van der Waals surface area contributed by atoms with Gasteiger partial charge in [0.1, 0.15) is 6.04 Å². The number of anilines is 1. The van der Waals surface area contributed by atoms with E-state index in [9.17, 15) is 14.4 Å². The molecule has 9 heteroatoms. The Hall–Kier alpha value is -3.72. The second-order valence-corrected chi connectivity index (χ2v) is 7.66. The zero-order valence-electron chi connectivity index (χ0n) is 17.0. The Morgan fingerprint density at radius 1 is 1.03 bits per heavy atom. The fourth-order valence-electron chi connectivity index (χ4n) is 3.35. The molecule has 0 radical (unpaired) electrons. The van der Waals surface area contributed by atoms with Crippen molar-refractivity contribution in [2.75, 3.05) is 19.5 Å². The van der Waals surface area contributed by atoms with Gasteiger partial charge in [0.15, 0.2) is 16.6 Å². The second-order valence-electron chi connectivity index (χ2n) is 6.80. The molecule has 0 aliphatic carbocycles. The van der Waals surface area contributed by atoms with E-state index in [0.717, 1.165) is 10.5 Å². The SMILES string of the molecule is COc1ccc(-c2csc(NC(=O)C(C)N3C(=O)c4ccccc4C3=O)n2)cc1OC. The number of hydrogen-bond donors (Lipinski definition) is 1. The van der Waals surface area contributed by atoms with Gasteiger partial charge in [0, 0.05) is 10.9 Å². The van der Waals surface area contributed by atoms with E-state index in [4.69, 9.17) is 9.47 Å². The summed E-state index contributed by atoms with van der Waals surface area (Å²) in [5.41, 5.74) is 2.05. The Morgan fingerprint density at radius 3 is 2.29 bits per heavy atom. The molecule has 0 fully saturated rings. The Morgan fingerprint density at radius 2 is 1.68 bits per heavy atom. The zero-order valence-corrected chi connectivity index (χ0v) is 17.9. The maximum absolute atomic E-state index is 12.7. The van der Waals surface area contributed by atoms with Gasteiger partial charge in [-0.1, -0.05) is 12.1 Å². The Labute approximate surface area is 182 Å². The highest BCUT2D eigenvalue weighted by Crippen LogP contribution is 2.33. The molecular weight excluding hydrogens is 418 g/mol. The number of carbonyl (C=O) groups excluding carboxylic acids is 3. The van der Waals surface area contributed by atoms with Gasteiger partial charge in [-0.2, -0.15) is 0 Å². The largest absolute Gasteiger partial charge is 0.493 e. The molecule has 1 aliphatic rings. The van der Waals surface area contributed by atoms with Crippen molar-refractivity contribution < 1.29 is 23.9 Å². The topological polar surface area (TPSA) is 97.8 Å². The summed E-state index contributed by atoms with van der Waals surface area (Å²) in [6.07, 6.45) is 0. The molecule has 1 aliphatic heterocycles. The standard InChI is InChI=1S/C22H19N3O5S/c1-12(25-20(27)14-6-4-5-7-15(14)21(25)28)19(26)24-22-23-16(11-31-22)13-8-9-17(29-2)18(10-13)30-3/h4-12H,1-3H3,(H,23,24,26). The van der Waals surface area contributed by atoms with Crippen molar-refractivity contribution in [1.29, 1.82) is 0 Å². The summed E-state index contributed by atoms with van der Waals surface area (Å²) < 4.78 is 10.6. The maximum atomic E-state index is 12.7. The number of hydrogen-bond acceptors (Lipinski definition) is 7. The lowest BCUT2D eigenvalue weighted by atomic mass is 10.1. The van der Waals surface area contributed by atoms with Gasteiger partial charge in [-0.15, -0.1) is 11.3 Å². The highest BCUT2D eigenvalue weighted by molar-refractivity contribution is 7.14. The molecule has 1 aromatic heterocycles. The predicted molar refractivity (Wildman–Crippen MR) is 116 cm³/mol. The van der Waals surface area contributed by atoms with Crippen LogP contribution in [0.25, 0.3) is 11.3 Å². The molecule has 3 aromatic rings. The summed E-state index contributed by atoms with van der Waals surface area (Å²) in [5, 5.41) is 4.85. The Balaban J connectivity index is 1.50. The van der Waals surface area contributed by atoms with E-state index >= 15 is 0 Å². The van der Waals surface area contributed by atoms with Crippen LogP contribution in [0.4, 0.5) is 5.13 Å². The normalized spacial score (nSPS) is 13.7. The third-order valence-electron chi connectivity index (χ3n) is 5.01. The summed E-state index contributed by atoms with van der Waals surface area (Å²) >= 11 is 1.24. The summed E-state index contributed by atoms with van der Waals surface area (Å²) in [6.45, 7) is 1.51. The minimum absolute atomic E-state index is 0.303. The third kappa shape index (κ3) is 3.64. The van der Waals surface area contributed by atoms with E-state index in [1.807, 2.05) is 6.07 Å². The first-order valence-corrected chi connectivity index (χ1v) is 10.3. The van der Waals surface area contributed by atoms with Gasteiger partial charge in [-0.05, 0) is 37.3 Å². The van der Waals surface area contributed by atoms with Crippen LogP contribution in [-0.2, 0) is 4.79 Å². The lowest BCUT2D eigenvalue weighted by molar-refractivity contribution is -0.119. The number of nitrogens with zero attached hydrogens (tertiary/aromatic N) is 2. The highest BCUT2D eigenvalue weighted by Gasteiger charge is 2.40. The van der Waals surface area contributed by atoms with Crippen molar-refractivity contribution in [2.45, 2.75) is 13.0 Å². The summed E-state index contributed by atoms with van der Waals surface area (Å²) in [4.78, 5) is 43.4. The maximum Gasteiger partial charge on any atom is 0.262 e. The number of ether oxygens (including phenoxy) is 2. The van der Waals surface area contributed by atoms with Crippen LogP contribution in [-0.4, -0.2) is 47.9 Å². The third-order valence-corrected chi connectivity index (χ3v) is 5.76. The molecule has 1 unspecified atom stereocenters. The van der Waals surface area contributed by atoms with Gasteiger partial charge >= 0.3 is 0 Å². The molecule has 31 heavy (non-hydrogen) atoms. The van der Waals surface area contributed by atoms with Gasteiger partial charge in [0.05, 0.1) is 31.0 Å². The van der Waals surface area contributed by atoms with Crippen LogP contribution in [0.3, 0.4) is 0 Å². The van der Waals surface area contributed by atoms with Crippen molar-refractivity contribution in [3.63, 3.8) is 0 Å². The van der Waals surface area contributed by atoms with E-state index < -0.39 is 23.8 Å². The quantitative estimate of drug-likeness (QED) is 0.593. The Bertz CT molecular complexity index is 1150. The van der Waals surface area contributed by atoms with Crippen LogP contribution in [0.5, 0.6) is 11.5 Å². The monoisotopic (exact) mass is 437 g/mol. The summed E-state index contributed by atoms with van der Waals surface area (Å²) in [5.74, 6) is -0.285. The van der Waals surface area contributed by atoms with Crippen LogP contribution >= 0.6 is 11.3 Å². The molecule has 158 valence electrons. The molecular formula is C22H19N3O5S. The van der Waals surface area contributed by atoms with E-state index in [0.29, 0.717) is 33.5 Å². The van der Waals surface area contributed by atoms with Crippen molar-refractivity contribution in [3.8, 4) is 22.8 Å². The van der Waals surface area contributed by atoms with Crippen LogP contribution in [0, 0.1) is 0 Å². The van der Waals surface area contributed by atoms with Crippen molar-refractivity contribution in [1.82, 2.24) is 9.88 Å². The fourth-order valence-corrected chi connectivity index (χ4v) is 4.07. The molecule has 0 bridgehead atoms. The van der Waals surface area contributed by atoms with Crippen molar-refractivity contribution >= 4 is 34.2 Å². The van der Waals surface area contributed by atoms with Gasteiger partial charge < -0.3 is 14.8 Å². The lowest BCUT2D eigenvalue weighted by Crippen LogP contribution is -2.45. The number of amides is 3. The first-order valence-electron chi connectivity index (χ1n) is 9.40. The van der Waals surface area contributed by atoms with Crippen molar-refractivity contribution in [3.05, 3.63) is 59.0 Å². The van der Waals surface area contributed by atoms with Gasteiger partial charge in [0.2, 0.25) is 5.91 Å². The molecule has 1 N–H and O–H groups in total. The van der Waals surface area contributed by atoms with Crippen LogP contribution in [0.15, 0.2) is 47.8 Å². The minimum Gasteiger partial charge on any atom is -0.493 e. The number of aromatic nitrogens is 1. The molecule has 3 amide bonds. The lowest BCUT2D eigenvalue weighted by Gasteiger charge is -2.21. The van der Waals surface area contributed by atoms with Crippen LogP contribution in [0.1, 0.15) is 27.6 Å². The molecule has 0 saturated heterocycles. The van der Waals surface area contributed by atoms with E-state index in [1.54, 1.807) is 56.0 Å². The summed E-state index contributed by atoms with van der Waals surface area (Å²) in [7, 11) is 3.11. The average Bonchev–Trinajstić information content (AvgIpc) is 3.35. The number of thiazole rings is 1. The molecule has 8 nitrogen and oxygen atoms in total. The number of carbonyl (C=O) groups is 3. The first kappa shape index (κ1) is 20.5. The van der Waals surface area contributed by atoms with E-state index in [2.05, 4.69) is 10.3 Å². The molecule has 1 atom stereocenters. The van der Waals surface area contributed by atoms with E-state index in [-0.39, 0.29) is 0 Å². The van der Waals surface area contributed by atoms with Crippen LogP contribution < -0.4 is 14.8 Å². The van der Waals surface area contributed by atoms with Crippen LogP contribution in [0.2, 0.25) is 0 Å². The number of fused-ring (bicyclic) bond motifs is 1. The molecule has 0 saturated carbocycles. The zero-order chi connectivity index (χ0) is 22.1. The Kier molecular flexibility index (Phi) is 5.43. The number of benzene rings is 2. The first-order chi connectivity index (χ1) is 14.9. The predicted octanol–water partition coefficient (Wildman–Crippen LogP) is 3.45. The van der Waals surface area contributed by atoms with Gasteiger partial charge in [-0.25, -0.2) is 4.98 Å². The van der Waals surface area contributed by atoms with Gasteiger partial charge in [-0.3, -0.25) is 19.3 Å². The average molecular weight is 437 g/mol. The molecule has 2 heterocycles. The molecule has 0 spiro atoms. The number of imide groups is 1. The smallest absolute Gasteiger partial charge is 0.262 e.